The molecule has 272 valence electrons. The van der Waals surface area contributed by atoms with Gasteiger partial charge in [-0.2, -0.15) is 5.11 Å². The zero-order valence-corrected chi connectivity index (χ0v) is 30.3. The highest BCUT2D eigenvalue weighted by molar-refractivity contribution is 7.92. The number of carbonyl (C=O) groups excluding carboxylic acids is 4. The van der Waals surface area contributed by atoms with Gasteiger partial charge in [0.15, 0.2) is 15.6 Å². The van der Waals surface area contributed by atoms with Crippen LogP contribution in [0.25, 0.3) is 0 Å². The topological polar surface area (TPSA) is 178 Å². The van der Waals surface area contributed by atoms with Crippen molar-refractivity contribution in [3.05, 3.63) is 0 Å². The molecule has 0 radical (unpaired) electrons. The molecule has 11 nitrogen and oxygen atoms in total. The molecule has 1 aliphatic heterocycles. The van der Waals surface area contributed by atoms with Crippen molar-refractivity contribution in [2.24, 2.45) is 27.1 Å². The third-order valence-corrected chi connectivity index (χ3v) is 10.4. The van der Waals surface area contributed by atoms with Crippen LogP contribution in [0.15, 0.2) is 15.4 Å². The second-order valence-corrected chi connectivity index (χ2v) is 16.1. The van der Waals surface area contributed by atoms with Crippen molar-refractivity contribution in [1.29, 1.82) is 0 Å². The number of nitrogens with one attached hydrogen (secondary N) is 1. The number of hydrogen-bond donors (Lipinski definition) is 2. The standard InChI is InChI=1S/C35H63N5O6S.H2/c1-29(41)30(26-33(43)35(2,3)36)20-17-18-24-37-34(44)23-19-25-47(45,46)28-32(42)22-16-14-12-10-8-6-4-5-7-9-11-13-15-21-31-27-38-40-39-31;/h30H,4-28,36H2,1-3H3,(H,37,44);1H/t30-;/m1./s1. The molecular weight excluding hydrogens is 618 g/mol. The summed E-state index contributed by atoms with van der Waals surface area (Å²) in [5.74, 6) is -1.67. The summed E-state index contributed by atoms with van der Waals surface area (Å²) >= 11 is 0. The highest BCUT2D eigenvalue weighted by Crippen LogP contribution is 2.18. The van der Waals surface area contributed by atoms with E-state index >= 15 is 0 Å². The van der Waals surface area contributed by atoms with Gasteiger partial charge in [-0.3, -0.25) is 19.2 Å². The van der Waals surface area contributed by atoms with Crippen molar-refractivity contribution in [3.8, 4) is 0 Å². The van der Waals surface area contributed by atoms with E-state index in [0.717, 1.165) is 37.8 Å². The summed E-state index contributed by atoms with van der Waals surface area (Å²) in [5, 5.41) is 14.3. The van der Waals surface area contributed by atoms with Crippen molar-refractivity contribution in [2.45, 2.75) is 161 Å². The van der Waals surface area contributed by atoms with E-state index in [1.54, 1.807) is 13.8 Å². The Morgan fingerprint density at radius 3 is 1.94 bits per heavy atom. The Balaban J connectivity index is 0.0000221. The van der Waals surface area contributed by atoms with Gasteiger partial charge in [0.1, 0.15) is 23.9 Å². The van der Waals surface area contributed by atoms with Crippen LogP contribution in [0.1, 0.15) is 157 Å². The first kappa shape index (κ1) is 42.7. The largest absolute Gasteiger partial charge is 0.356 e. The van der Waals surface area contributed by atoms with Crippen LogP contribution in [0.5, 0.6) is 0 Å². The molecule has 1 rings (SSSR count). The molecule has 0 saturated heterocycles. The Morgan fingerprint density at radius 1 is 0.830 bits per heavy atom. The number of ketones is 3. The lowest BCUT2D eigenvalue weighted by Crippen LogP contribution is -2.42. The fraction of sp³-hybridized carbons (Fsp3) is 0.857. The minimum Gasteiger partial charge on any atom is -0.356 e. The number of unbranched alkanes of at least 4 members (excludes halogenated alkanes) is 13. The van der Waals surface area contributed by atoms with Gasteiger partial charge in [0.2, 0.25) is 5.91 Å². The van der Waals surface area contributed by atoms with E-state index in [-0.39, 0.29) is 55.6 Å². The molecule has 0 spiro atoms. The van der Waals surface area contributed by atoms with Gasteiger partial charge in [-0.05, 0) is 64.5 Å². The van der Waals surface area contributed by atoms with E-state index in [1.807, 2.05) is 0 Å². The predicted molar refractivity (Wildman–Crippen MR) is 190 cm³/mol. The highest BCUT2D eigenvalue weighted by atomic mass is 32.2. The van der Waals surface area contributed by atoms with Crippen LogP contribution in [0.2, 0.25) is 0 Å². The van der Waals surface area contributed by atoms with E-state index in [9.17, 15) is 27.6 Å². The minimum atomic E-state index is -3.53. The number of sulfone groups is 1. The Hall–Kier alpha value is -2.34. The first-order valence-corrected chi connectivity index (χ1v) is 19.9. The number of rotatable bonds is 31. The lowest BCUT2D eigenvalue weighted by atomic mass is 9.87. The molecular formula is C35H65N5O6S. The van der Waals surface area contributed by atoms with Gasteiger partial charge in [0, 0.05) is 33.2 Å². The molecule has 1 aliphatic rings. The average molecular weight is 684 g/mol. The SMILES string of the molecule is CC(=O)[C@H](CCCCNC(=O)CCCS(=O)(=O)CC(=O)CCCCCCCCCCCCCCCC1=NN=NC1)CC(=O)C(C)(C)N.[HH]. The van der Waals surface area contributed by atoms with Gasteiger partial charge in [0.25, 0.3) is 0 Å². The Kier molecular flexibility index (Phi) is 22.5. The van der Waals surface area contributed by atoms with Gasteiger partial charge in [-0.25, -0.2) is 8.42 Å². The normalized spacial score (nSPS) is 13.8. The second kappa shape index (κ2) is 24.7. The Morgan fingerprint density at radius 2 is 1.40 bits per heavy atom. The van der Waals surface area contributed by atoms with Crippen molar-refractivity contribution < 1.29 is 29.0 Å². The monoisotopic (exact) mass is 683 g/mol. The number of nitrogens with two attached hydrogens (primary N) is 1. The molecule has 1 atom stereocenters. The number of amides is 1. The third-order valence-electron chi connectivity index (χ3n) is 8.69. The lowest BCUT2D eigenvalue weighted by Gasteiger charge is -2.20. The molecule has 0 aromatic heterocycles. The molecule has 0 unspecified atom stereocenters. The van der Waals surface area contributed by atoms with Gasteiger partial charge in [-0.15, -0.1) is 5.10 Å². The summed E-state index contributed by atoms with van der Waals surface area (Å²) in [6.07, 6.45) is 18.8. The van der Waals surface area contributed by atoms with Gasteiger partial charge >= 0.3 is 0 Å². The van der Waals surface area contributed by atoms with E-state index in [0.29, 0.717) is 38.8 Å². The van der Waals surface area contributed by atoms with Crippen LogP contribution in [-0.2, 0) is 29.0 Å². The summed E-state index contributed by atoms with van der Waals surface area (Å²) in [4.78, 5) is 48.4. The molecule has 0 fully saturated rings. The zero-order valence-electron chi connectivity index (χ0n) is 29.5. The van der Waals surface area contributed by atoms with Crippen LogP contribution in [0.4, 0.5) is 0 Å². The van der Waals surface area contributed by atoms with E-state index < -0.39 is 21.1 Å². The Labute approximate surface area is 285 Å². The number of Topliss-reactive ketones (excluding diaryl/α,β-unsaturated/α-hetero) is 3. The summed E-state index contributed by atoms with van der Waals surface area (Å²) in [6, 6.07) is 0. The molecule has 1 heterocycles. The summed E-state index contributed by atoms with van der Waals surface area (Å²) < 4.78 is 24.7. The molecule has 0 bridgehead atoms. The van der Waals surface area contributed by atoms with Gasteiger partial charge < -0.3 is 11.1 Å². The lowest BCUT2D eigenvalue weighted by molar-refractivity contribution is -0.129. The summed E-state index contributed by atoms with van der Waals surface area (Å²) in [5.41, 5.74) is 5.98. The second-order valence-electron chi connectivity index (χ2n) is 13.9. The van der Waals surface area contributed by atoms with E-state index in [4.69, 9.17) is 5.73 Å². The third kappa shape index (κ3) is 23.6. The number of nitrogens with zero attached hydrogens (tertiary/aromatic N) is 3. The molecule has 0 aromatic rings. The van der Waals surface area contributed by atoms with Crippen LogP contribution in [0.3, 0.4) is 0 Å². The summed E-state index contributed by atoms with van der Waals surface area (Å²) in [7, 11) is -3.53. The quantitative estimate of drug-likeness (QED) is 0.0750. The van der Waals surface area contributed by atoms with Crippen LogP contribution in [-0.4, -0.2) is 67.5 Å². The zero-order chi connectivity index (χ0) is 35.0. The van der Waals surface area contributed by atoms with Gasteiger partial charge in [-0.1, -0.05) is 77.0 Å². The molecule has 1 amide bonds. The molecule has 0 aliphatic carbocycles. The van der Waals surface area contributed by atoms with Crippen molar-refractivity contribution in [2.75, 3.05) is 24.6 Å². The number of carbonyl (C=O) groups is 4. The molecule has 0 aromatic carbocycles. The maximum atomic E-state index is 12.4. The number of hydrogen-bond acceptors (Lipinski definition) is 10. The minimum absolute atomic E-state index is 0. The molecule has 3 N–H and O–H groups in total. The first-order valence-electron chi connectivity index (χ1n) is 18.0. The summed E-state index contributed by atoms with van der Waals surface area (Å²) in [6.45, 7) is 5.84. The van der Waals surface area contributed by atoms with E-state index in [1.165, 1.54) is 64.7 Å². The first-order chi connectivity index (χ1) is 22.3. The molecule has 12 heteroatoms. The van der Waals surface area contributed by atoms with Gasteiger partial charge in [0.05, 0.1) is 17.0 Å². The fourth-order valence-corrected chi connectivity index (χ4v) is 6.94. The van der Waals surface area contributed by atoms with Crippen LogP contribution >= 0.6 is 0 Å². The Bertz CT molecular complexity index is 1120. The van der Waals surface area contributed by atoms with Crippen molar-refractivity contribution in [1.82, 2.24) is 5.32 Å². The highest BCUT2D eigenvalue weighted by Gasteiger charge is 2.27. The van der Waals surface area contributed by atoms with Crippen LogP contribution < -0.4 is 11.1 Å². The van der Waals surface area contributed by atoms with Crippen molar-refractivity contribution >= 4 is 38.8 Å². The molecule has 0 saturated carbocycles. The maximum Gasteiger partial charge on any atom is 0.220 e. The maximum absolute atomic E-state index is 12.4. The van der Waals surface area contributed by atoms with E-state index in [2.05, 4.69) is 20.8 Å². The van der Waals surface area contributed by atoms with Crippen molar-refractivity contribution in [3.63, 3.8) is 0 Å². The average Bonchev–Trinajstić information content (AvgIpc) is 3.51. The molecule has 47 heavy (non-hydrogen) atoms. The smallest absolute Gasteiger partial charge is 0.220 e. The van der Waals surface area contributed by atoms with Crippen LogP contribution in [0, 0.1) is 5.92 Å². The fourth-order valence-electron chi connectivity index (χ4n) is 5.57. The predicted octanol–water partition coefficient (Wildman–Crippen LogP) is 6.86.